The van der Waals surface area contributed by atoms with E-state index in [1.54, 1.807) is 0 Å². The Morgan fingerprint density at radius 1 is 1.18 bits per heavy atom. The third-order valence-electron chi connectivity index (χ3n) is 4.27. The molecule has 0 saturated carbocycles. The van der Waals surface area contributed by atoms with Crippen LogP contribution in [0.4, 0.5) is 42.2 Å². The van der Waals surface area contributed by atoms with Gasteiger partial charge in [0.1, 0.15) is 34.7 Å². The maximum Gasteiger partial charge on any atom is 0.433 e. The Kier molecular flexibility index (Phi) is 7.66. The molecule has 2 aromatic rings. The molecule has 0 aliphatic carbocycles. The van der Waals surface area contributed by atoms with Gasteiger partial charge in [-0.05, 0) is 50.3 Å². The smallest absolute Gasteiger partial charge is 0.335 e. The minimum absolute atomic E-state index is 0.0323. The number of rotatable bonds is 6. The Balaban J connectivity index is 2.67. The normalized spacial score (nSPS) is 12.2. The Morgan fingerprint density at radius 3 is 2.21 bits per heavy atom. The van der Waals surface area contributed by atoms with Gasteiger partial charge in [0.25, 0.3) is 5.91 Å². The zero-order valence-electron chi connectivity index (χ0n) is 17.6. The van der Waals surface area contributed by atoms with E-state index < -0.39 is 52.4 Å². The Hall–Kier alpha value is -3.95. The standard InChI is InChI=1S/C21H16F7N5O/c1-3-33(13-6-4-12(22)5-7-13)19(34)16(8-11(2)30)31-18-14(10-29)15(20(23,24)25)9-17(32-18)21(26,27)28/h4-9,30H,3H2,1-2H3,(H,31,32)/b16-8-,30-11?. The molecule has 180 valence electrons. The van der Waals surface area contributed by atoms with Gasteiger partial charge in [-0.25, -0.2) is 9.37 Å². The van der Waals surface area contributed by atoms with E-state index in [0.29, 0.717) is 0 Å². The first-order chi connectivity index (χ1) is 15.7. The van der Waals surface area contributed by atoms with Gasteiger partial charge < -0.3 is 15.6 Å². The molecule has 1 aromatic heterocycles. The number of amides is 1. The van der Waals surface area contributed by atoms with Crippen LogP contribution in [-0.4, -0.2) is 23.1 Å². The molecule has 0 aliphatic rings. The van der Waals surface area contributed by atoms with Crippen LogP contribution in [0.25, 0.3) is 0 Å². The molecule has 0 saturated heterocycles. The molecule has 2 N–H and O–H groups in total. The molecule has 0 atom stereocenters. The summed E-state index contributed by atoms with van der Waals surface area (Å²) in [5.41, 5.74) is -5.86. The summed E-state index contributed by atoms with van der Waals surface area (Å²) in [6.45, 7) is 2.69. The first-order valence-corrected chi connectivity index (χ1v) is 9.39. The molecule has 0 radical (unpaired) electrons. The molecule has 0 aliphatic heterocycles. The van der Waals surface area contributed by atoms with Crippen LogP contribution in [0.2, 0.25) is 0 Å². The minimum Gasteiger partial charge on any atom is -0.335 e. The van der Waals surface area contributed by atoms with Crippen LogP contribution in [0.15, 0.2) is 42.1 Å². The quantitative estimate of drug-likeness (QED) is 0.319. The van der Waals surface area contributed by atoms with Crippen molar-refractivity contribution in [2.45, 2.75) is 26.2 Å². The highest BCUT2D eigenvalue weighted by Crippen LogP contribution is 2.39. The van der Waals surface area contributed by atoms with Crippen molar-refractivity contribution in [2.75, 3.05) is 16.8 Å². The second-order valence-corrected chi connectivity index (χ2v) is 6.78. The minimum atomic E-state index is -5.33. The zero-order chi connectivity index (χ0) is 25.8. The molecule has 13 heteroatoms. The largest absolute Gasteiger partial charge is 0.433 e. The van der Waals surface area contributed by atoms with Crippen LogP contribution >= 0.6 is 0 Å². The highest BCUT2D eigenvalue weighted by Gasteiger charge is 2.41. The number of likely N-dealkylation sites (N-methyl/N-ethyl adjacent to an activating group) is 1. The molecule has 2 rings (SSSR count). The van der Waals surface area contributed by atoms with Crippen LogP contribution in [0.5, 0.6) is 0 Å². The molecule has 34 heavy (non-hydrogen) atoms. The fraction of sp³-hybridized carbons (Fsp3) is 0.238. The van der Waals surface area contributed by atoms with E-state index in [1.807, 2.05) is 0 Å². The predicted molar refractivity (Wildman–Crippen MR) is 108 cm³/mol. The number of hydrogen-bond donors (Lipinski definition) is 2. The molecular formula is C21H16F7N5O. The van der Waals surface area contributed by atoms with Gasteiger partial charge in [0, 0.05) is 17.9 Å². The number of benzene rings is 1. The van der Waals surface area contributed by atoms with E-state index in [1.165, 1.54) is 32.0 Å². The third kappa shape index (κ3) is 6.09. The second kappa shape index (κ2) is 9.90. The average molecular weight is 487 g/mol. The molecule has 1 heterocycles. The molecule has 1 amide bonds. The van der Waals surface area contributed by atoms with Gasteiger partial charge in [-0.3, -0.25) is 4.79 Å². The van der Waals surface area contributed by atoms with Crippen molar-refractivity contribution in [2.24, 2.45) is 0 Å². The lowest BCUT2D eigenvalue weighted by Gasteiger charge is -2.24. The molecule has 0 fully saturated rings. The molecule has 1 aromatic carbocycles. The topological polar surface area (TPSA) is 92.9 Å². The summed E-state index contributed by atoms with van der Waals surface area (Å²) >= 11 is 0. The number of nitriles is 1. The summed E-state index contributed by atoms with van der Waals surface area (Å²) in [5.74, 6) is -2.75. The predicted octanol–water partition coefficient (Wildman–Crippen LogP) is 5.52. The van der Waals surface area contributed by atoms with E-state index in [9.17, 15) is 40.8 Å². The Bertz CT molecular complexity index is 1160. The van der Waals surface area contributed by atoms with E-state index in [4.69, 9.17) is 5.41 Å². The molecule has 0 bridgehead atoms. The van der Waals surface area contributed by atoms with Crippen molar-refractivity contribution in [1.29, 1.82) is 10.7 Å². The number of pyridine rings is 1. The number of aromatic nitrogens is 1. The first-order valence-electron chi connectivity index (χ1n) is 9.39. The highest BCUT2D eigenvalue weighted by atomic mass is 19.4. The van der Waals surface area contributed by atoms with Gasteiger partial charge in [0.2, 0.25) is 0 Å². The molecule has 0 unspecified atom stereocenters. The SMILES string of the molecule is CCN(C(=O)/C(=C/C(C)=N)Nc1nc(C(F)(F)F)cc(C(F)(F)F)c1C#N)c1ccc(F)cc1. The number of anilines is 2. The lowest BCUT2D eigenvalue weighted by atomic mass is 10.1. The third-order valence-corrected chi connectivity index (χ3v) is 4.27. The summed E-state index contributed by atoms with van der Waals surface area (Å²) in [4.78, 5) is 17.2. The van der Waals surface area contributed by atoms with Gasteiger partial charge in [-0.2, -0.15) is 31.6 Å². The van der Waals surface area contributed by atoms with Crippen LogP contribution in [0.3, 0.4) is 0 Å². The highest BCUT2D eigenvalue weighted by molar-refractivity contribution is 6.11. The molecular weight excluding hydrogens is 471 g/mol. The number of nitrogens with zero attached hydrogens (tertiary/aromatic N) is 3. The maximum absolute atomic E-state index is 13.4. The summed E-state index contributed by atoms with van der Waals surface area (Å²) < 4.78 is 93.1. The monoisotopic (exact) mass is 487 g/mol. The van der Waals surface area contributed by atoms with E-state index >= 15 is 0 Å². The van der Waals surface area contributed by atoms with Crippen LogP contribution < -0.4 is 10.2 Å². The summed E-state index contributed by atoms with van der Waals surface area (Å²) in [7, 11) is 0. The van der Waals surface area contributed by atoms with E-state index in [2.05, 4.69) is 10.3 Å². The number of alkyl halides is 6. The average Bonchev–Trinajstić information content (AvgIpc) is 2.72. The van der Waals surface area contributed by atoms with E-state index in [-0.39, 0.29) is 24.0 Å². The maximum atomic E-state index is 13.4. The fourth-order valence-electron chi connectivity index (χ4n) is 2.82. The van der Waals surface area contributed by atoms with Crippen LogP contribution in [-0.2, 0) is 17.1 Å². The van der Waals surface area contributed by atoms with E-state index in [0.717, 1.165) is 23.1 Å². The van der Waals surface area contributed by atoms with Crippen molar-refractivity contribution >= 4 is 23.1 Å². The molecule has 0 spiro atoms. The fourth-order valence-corrected chi connectivity index (χ4v) is 2.82. The number of carbonyl (C=O) groups is 1. The van der Waals surface area contributed by atoms with Gasteiger partial charge in [0.05, 0.1) is 5.56 Å². The number of halogens is 7. The number of allylic oxidation sites excluding steroid dienone is 1. The Morgan fingerprint density at radius 2 is 1.76 bits per heavy atom. The van der Waals surface area contributed by atoms with Gasteiger partial charge in [-0.1, -0.05) is 0 Å². The van der Waals surface area contributed by atoms with Crippen molar-refractivity contribution in [3.8, 4) is 6.07 Å². The zero-order valence-corrected chi connectivity index (χ0v) is 17.6. The van der Waals surface area contributed by atoms with Crippen molar-refractivity contribution in [1.82, 2.24) is 4.98 Å². The van der Waals surface area contributed by atoms with Gasteiger partial charge >= 0.3 is 12.4 Å². The first kappa shape index (κ1) is 26.3. The van der Waals surface area contributed by atoms with Gasteiger partial charge in [0.15, 0.2) is 0 Å². The second-order valence-electron chi connectivity index (χ2n) is 6.78. The van der Waals surface area contributed by atoms with Crippen molar-refractivity contribution in [3.05, 3.63) is 64.7 Å². The summed E-state index contributed by atoms with van der Waals surface area (Å²) in [6.07, 6.45) is -9.77. The van der Waals surface area contributed by atoms with Crippen molar-refractivity contribution in [3.63, 3.8) is 0 Å². The van der Waals surface area contributed by atoms with Crippen molar-refractivity contribution < 1.29 is 35.5 Å². The number of nitrogens with one attached hydrogen (secondary N) is 2. The number of hydrogen-bond acceptors (Lipinski definition) is 5. The summed E-state index contributed by atoms with van der Waals surface area (Å²) in [5, 5.41) is 18.9. The number of carbonyl (C=O) groups excluding carboxylic acids is 1. The lowest BCUT2D eigenvalue weighted by Crippen LogP contribution is -2.35. The summed E-state index contributed by atoms with van der Waals surface area (Å²) in [6, 6.07) is 5.42. The van der Waals surface area contributed by atoms with Gasteiger partial charge in [-0.15, -0.1) is 0 Å². The Labute approximate surface area is 188 Å². The molecule has 6 nitrogen and oxygen atoms in total. The lowest BCUT2D eigenvalue weighted by molar-refractivity contribution is -0.145. The van der Waals surface area contributed by atoms with Crippen LogP contribution in [0.1, 0.15) is 30.7 Å². The van der Waals surface area contributed by atoms with Crippen LogP contribution in [0, 0.1) is 22.6 Å².